The van der Waals surface area contributed by atoms with Crippen LogP contribution in [0.4, 0.5) is 0 Å². The Morgan fingerprint density at radius 1 is 1.00 bits per heavy atom. The molecule has 0 amide bonds. The lowest BCUT2D eigenvalue weighted by molar-refractivity contribution is -0.145. The average Bonchev–Trinajstić information content (AvgIpc) is 2.17. The largest absolute Gasteiger partial charge is 0.351 e. The summed E-state index contributed by atoms with van der Waals surface area (Å²) in [5.74, 6) is 0.522. The van der Waals surface area contributed by atoms with Crippen molar-refractivity contribution < 1.29 is 9.47 Å². The summed E-state index contributed by atoms with van der Waals surface area (Å²) in [4.78, 5) is 0.278. The Morgan fingerprint density at radius 2 is 1.43 bits per heavy atom. The maximum Gasteiger partial charge on any atom is 0.170 e. The molecule has 86 valence electrons. The first kappa shape index (κ1) is 14.4. The van der Waals surface area contributed by atoms with Crippen molar-refractivity contribution in [1.82, 2.24) is 0 Å². The van der Waals surface area contributed by atoms with Crippen LogP contribution in [0.1, 0.15) is 40.5 Å². The van der Waals surface area contributed by atoms with Gasteiger partial charge in [0.25, 0.3) is 0 Å². The minimum Gasteiger partial charge on any atom is -0.351 e. The molecule has 0 N–H and O–H groups in total. The van der Waals surface area contributed by atoms with Crippen molar-refractivity contribution in [2.75, 3.05) is 13.2 Å². The van der Waals surface area contributed by atoms with E-state index < -0.39 is 0 Å². The smallest absolute Gasteiger partial charge is 0.170 e. The van der Waals surface area contributed by atoms with E-state index in [4.69, 9.17) is 9.47 Å². The standard InChI is InChI=1S/C11H23BrO2/c1-5-7-13-11(14-8-6-2)10(12)9(3)4/h9-11H,5-8H2,1-4H3. The van der Waals surface area contributed by atoms with E-state index in [0.717, 1.165) is 26.1 Å². The number of halogens is 1. The summed E-state index contributed by atoms with van der Waals surface area (Å²) in [5, 5.41) is 0. The molecule has 2 nitrogen and oxygen atoms in total. The molecule has 0 aromatic heterocycles. The Morgan fingerprint density at radius 3 is 1.71 bits per heavy atom. The van der Waals surface area contributed by atoms with E-state index in [2.05, 4.69) is 43.6 Å². The molecule has 0 rings (SSSR count). The Kier molecular flexibility index (Phi) is 8.94. The van der Waals surface area contributed by atoms with Crippen molar-refractivity contribution in [1.29, 1.82) is 0 Å². The van der Waals surface area contributed by atoms with E-state index in [0.29, 0.717) is 5.92 Å². The van der Waals surface area contributed by atoms with Crippen LogP contribution in [0.25, 0.3) is 0 Å². The summed E-state index contributed by atoms with van der Waals surface area (Å²) in [6.07, 6.45) is 1.96. The molecule has 0 saturated heterocycles. The third kappa shape index (κ3) is 5.99. The number of ether oxygens (including phenoxy) is 2. The van der Waals surface area contributed by atoms with E-state index in [1.165, 1.54) is 0 Å². The van der Waals surface area contributed by atoms with Crippen LogP contribution >= 0.6 is 15.9 Å². The molecule has 1 unspecified atom stereocenters. The molecule has 14 heavy (non-hydrogen) atoms. The Balaban J connectivity index is 3.94. The van der Waals surface area contributed by atoms with Gasteiger partial charge in [0.15, 0.2) is 6.29 Å². The van der Waals surface area contributed by atoms with Crippen LogP contribution in [-0.4, -0.2) is 24.3 Å². The second kappa shape index (κ2) is 8.69. The highest BCUT2D eigenvalue weighted by atomic mass is 79.9. The van der Waals surface area contributed by atoms with Gasteiger partial charge in [-0.3, -0.25) is 0 Å². The molecule has 1 atom stereocenters. The molecule has 0 aliphatic rings. The first-order valence-corrected chi connectivity index (χ1v) is 6.42. The zero-order chi connectivity index (χ0) is 11.0. The molecule has 0 saturated carbocycles. The molecule has 0 aromatic rings. The van der Waals surface area contributed by atoms with Gasteiger partial charge in [0.2, 0.25) is 0 Å². The highest BCUT2D eigenvalue weighted by Crippen LogP contribution is 2.20. The van der Waals surface area contributed by atoms with Gasteiger partial charge in [-0.1, -0.05) is 43.6 Å². The molecular formula is C11H23BrO2. The van der Waals surface area contributed by atoms with Crippen molar-refractivity contribution in [3.05, 3.63) is 0 Å². The Labute approximate surface area is 96.5 Å². The third-order valence-electron chi connectivity index (χ3n) is 1.87. The van der Waals surface area contributed by atoms with Gasteiger partial charge in [-0.2, -0.15) is 0 Å². The van der Waals surface area contributed by atoms with Crippen molar-refractivity contribution in [2.45, 2.75) is 51.7 Å². The first-order valence-electron chi connectivity index (χ1n) is 5.50. The van der Waals surface area contributed by atoms with Crippen molar-refractivity contribution in [2.24, 2.45) is 5.92 Å². The molecule has 0 aliphatic carbocycles. The zero-order valence-electron chi connectivity index (χ0n) is 9.75. The lowest BCUT2D eigenvalue weighted by Crippen LogP contribution is -2.31. The minimum atomic E-state index is -0.102. The molecule has 0 aromatic carbocycles. The predicted molar refractivity (Wildman–Crippen MR) is 63.8 cm³/mol. The van der Waals surface area contributed by atoms with Crippen molar-refractivity contribution in [3.63, 3.8) is 0 Å². The summed E-state index contributed by atoms with van der Waals surface area (Å²) >= 11 is 3.62. The molecular weight excluding hydrogens is 244 g/mol. The summed E-state index contributed by atoms with van der Waals surface area (Å²) in [7, 11) is 0. The summed E-state index contributed by atoms with van der Waals surface area (Å²) in [6.45, 7) is 10.1. The molecule has 0 radical (unpaired) electrons. The fraction of sp³-hybridized carbons (Fsp3) is 1.00. The van der Waals surface area contributed by atoms with E-state index in [1.54, 1.807) is 0 Å². The molecule has 0 spiro atoms. The highest BCUT2D eigenvalue weighted by molar-refractivity contribution is 9.09. The van der Waals surface area contributed by atoms with Crippen LogP contribution in [0, 0.1) is 5.92 Å². The number of hydrogen-bond acceptors (Lipinski definition) is 2. The SMILES string of the molecule is CCCOC(OCCC)C(Br)C(C)C. The molecule has 0 aliphatic heterocycles. The quantitative estimate of drug-likeness (QED) is 0.494. The minimum absolute atomic E-state index is 0.102. The van der Waals surface area contributed by atoms with Crippen LogP contribution in [0.3, 0.4) is 0 Å². The normalized spacial score (nSPS) is 13.9. The Bertz CT molecular complexity index is 120. The monoisotopic (exact) mass is 266 g/mol. The predicted octanol–water partition coefficient (Wildman–Crippen LogP) is 3.59. The topological polar surface area (TPSA) is 18.5 Å². The average molecular weight is 267 g/mol. The number of rotatable bonds is 8. The van der Waals surface area contributed by atoms with E-state index in [-0.39, 0.29) is 11.1 Å². The molecule has 0 heterocycles. The van der Waals surface area contributed by atoms with Gasteiger partial charge in [-0.25, -0.2) is 0 Å². The van der Waals surface area contributed by atoms with Gasteiger partial charge < -0.3 is 9.47 Å². The van der Waals surface area contributed by atoms with Crippen LogP contribution in [0.2, 0.25) is 0 Å². The highest BCUT2D eigenvalue weighted by Gasteiger charge is 2.22. The van der Waals surface area contributed by atoms with Crippen LogP contribution in [0.5, 0.6) is 0 Å². The van der Waals surface area contributed by atoms with Gasteiger partial charge >= 0.3 is 0 Å². The fourth-order valence-electron chi connectivity index (χ4n) is 1.01. The summed E-state index contributed by atoms with van der Waals surface area (Å²) in [6, 6.07) is 0. The van der Waals surface area contributed by atoms with Gasteiger partial charge in [0.05, 0.1) is 4.83 Å². The zero-order valence-corrected chi connectivity index (χ0v) is 11.3. The van der Waals surface area contributed by atoms with Gasteiger partial charge in [-0.05, 0) is 18.8 Å². The van der Waals surface area contributed by atoms with Gasteiger partial charge in [-0.15, -0.1) is 0 Å². The second-order valence-electron chi connectivity index (χ2n) is 3.80. The van der Waals surface area contributed by atoms with Crippen molar-refractivity contribution >= 4 is 15.9 Å². The molecule has 0 bridgehead atoms. The molecule has 3 heteroatoms. The van der Waals surface area contributed by atoms with E-state index in [9.17, 15) is 0 Å². The second-order valence-corrected chi connectivity index (χ2v) is 4.86. The number of alkyl halides is 1. The van der Waals surface area contributed by atoms with Crippen LogP contribution < -0.4 is 0 Å². The molecule has 0 fully saturated rings. The van der Waals surface area contributed by atoms with Crippen LogP contribution in [-0.2, 0) is 9.47 Å². The van der Waals surface area contributed by atoms with Gasteiger partial charge in [0, 0.05) is 13.2 Å². The van der Waals surface area contributed by atoms with E-state index in [1.807, 2.05) is 0 Å². The Hall–Kier alpha value is 0.400. The third-order valence-corrected chi connectivity index (χ3v) is 3.36. The van der Waals surface area contributed by atoms with Gasteiger partial charge in [0.1, 0.15) is 0 Å². The summed E-state index contributed by atoms with van der Waals surface area (Å²) in [5.41, 5.74) is 0. The fourth-order valence-corrected chi connectivity index (χ4v) is 1.32. The maximum atomic E-state index is 5.65. The lowest BCUT2D eigenvalue weighted by atomic mass is 10.1. The number of hydrogen-bond donors (Lipinski definition) is 0. The van der Waals surface area contributed by atoms with E-state index >= 15 is 0 Å². The maximum absolute atomic E-state index is 5.65. The van der Waals surface area contributed by atoms with Crippen molar-refractivity contribution in [3.8, 4) is 0 Å². The lowest BCUT2D eigenvalue weighted by Gasteiger charge is -2.25. The van der Waals surface area contributed by atoms with Crippen LogP contribution in [0.15, 0.2) is 0 Å². The first-order chi connectivity index (χ1) is 6.63. The summed E-state index contributed by atoms with van der Waals surface area (Å²) < 4.78 is 11.3.